The van der Waals surface area contributed by atoms with E-state index in [-0.39, 0.29) is 0 Å². The van der Waals surface area contributed by atoms with Crippen molar-refractivity contribution in [1.29, 1.82) is 0 Å². The highest BCUT2D eigenvalue weighted by Gasteiger charge is 2.37. The predicted octanol–water partition coefficient (Wildman–Crippen LogP) is 3.60. The number of methoxy groups -OCH3 is 1. The number of rotatable bonds is 7. The summed E-state index contributed by atoms with van der Waals surface area (Å²) in [4.78, 5) is 6.75. The van der Waals surface area contributed by atoms with Gasteiger partial charge in [0.1, 0.15) is 17.2 Å². The molecule has 5 nitrogen and oxygen atoms in total. The fraction of sp³-hybridized carbons (Fsp3) is 0.375. The summed E-state index contributed by atoms with van der Waals surface area (Å²) >= 11 is 0. The lowest BCUT2D eigenvalue weighted by atomic mass is 9.93. The molecule has 1 aliphatic rings. The van der Waals surface area contributed by atoms with E-state index in [1.165, 1.54) is 5.56 Å². The summed E-state index contributed by atoms with van der Waals surface area (Å²) in [5.74, 6) is 1.97. The zero-order valence-electron chi connectivity index (χ0n) is 17.2. The Hall–Kier alpha value is -2.63. The second-order valence-electron chi connectivity index (χ2n) is 7.83. The normalized spacial score (nSPS) is 19.6. The molecular weight excluding hydrogens is 362 g/mol. The van der Waals surface area contributed by atoms with Gasteiger partial charge in [-0.05, 0) is 29.7 Å². The van der Waals surface area contributed by atoms with Crippen LogP contribution < -0.4 is 4.74 Å². The number of likely N-dealkylation sites (tertiary alicyclic amines) is 1. The van der Waals surface area contributed by atoms with Gasteiger partial charge in [-0.25, -0.2) is 4.98 Å². The molecule has 152 valence electrons. The molecule has 0 spiro atoms. The summed E-state index contributed by atoms with van der Waals surface area (Å²) in [5.41, 5.74) is 2.63. The Morgan fingerprint density at radius 2 is 1.97 bits per heavy atom. The fourth-order valence-electron chi connectivity index (χ4n) is 4.28. The third-order valence-corrected chi connectivity index (χ3v) is 5.85. The van der Waals surface area contributed by atoms with E-state index >= 15 is 0 Å². The average Bonchev–Trinajstić information content (AvgIpc) is 3.36. The molecule has 0 radical (unpaired) electrons. The first-order chi connectivity index (χ1) is 14.1. The molecule has 29 heavy (non-hydrogen) atoms. The molecule has 1 aliphatic heterocycles. The number of aryl methyl sites for hydroxylation is 1. The molecular formula is C24H29N3O2. The fourth-order valence-corrected chi connectivity index (χ4v) is 4.28. The maximum Gasteiger partial charge on any atom is 0.123 e. The number of benzene rings is 2. The molecule has 1 aromatic heterocycles. The number of β-amino-alcohol motifs (C(OH)–C–C–N with tert-alkyl or cyclic N) is 1. The molecule has 5 heteroatoms. The minimum Gasteiger partial charge on any atom is -0.496 e. The second kappa shape index (κ2) is 8.39. The number of ether oxygens (including phenoxy) is 1. The van der Waals surface area contributed by atoms with Gasteiger partial charge >= 0.3 is 0 Å². The molecule has 2 heterocycles. The van der Waals surface area contributed by atoms with Gasteiger partial charge < -0.3 is 14.4 Å². The van der Waals surface area contributed by atoms with Crippen LogP contribution in [-0.2, 0) is 25.1 Å². The first-order valence-electron chi connectivity index (χ1n) is 10.3. The molecule has 3 aromatic rings. The van der Waals surface area contributed by atoms with Crippen molar-refractivity contribution in [2.45, 2.75) is 38.5 Å². The van der Waals surface area contributed by atoms with Crippen molar-refractivity contribution < 1.29 is 9.84 Å². The van der Waals surface area contributed by atoms with Crippen LogP contribution in [0.15, 0.2) is 60.9 Å². The van der Waals surface area contributed by atoms with Gasteiger partial charge in [0.2, 0.25) is 0 Å². The highest BCUT2D eigenvalue weighted by molar-refractivity contribution is 5.38. The standard InChI is InChI=1S/C24H29N3O2/c1-3-23-25-12-14-27(23)17-20-15-19(9-10-22(20)29-2)16-26-13-11-24(28,18-26)21-7-5-4-6-8-21/h4-10,12,14-15,28H,3,11,13,16-18H2,1-2H3/t24-/m1/s1. The molecule has 0 amide bonds. The highest BCUT2D eigenvalue weighted by Crippen LogP contribution is 2.33. The monoisotopic (exact) mass is 391 g/mol. The van der Waals surface area contributed by atoms with Crippen molar-refractivity contribution in [1.82, 2.24) is 14.5 Å². The van der Waals surface area contributed by atoms with Gasteiger partial charge in [-0.3, -0.25) is 4.90 Å². The topological polar surface area (TPSA) is 50.5 Å². The molecule has 1 atom stereocenters. The molecule has 0 unspecified atom stereocenters. The molecule has 0 aliphatic carbocycles. The summed E-state index contributed by atoms with van der Waals surface area (Å²) in [6.07, 6.45) is 5.53. The van der Waals surface area contributed by atoms with Crippen LogP contribution in [0.2, 0.25) is 0 Å². The number of imidazole rings is 1. The molecule has 0 saturated carbocycles. The Balaban J connectivity index is 1.50. The summed E-state index contributed by atoms with van der Waals surface area (Å²) in [6.45, 7) is 5.22. The van der Waals surface area contributed by atoms with Crippen LogP contribution in [0.4, 0.5) is 0 Å². The average molecular weight is 392 g/mol. The first-order valence-corrected chi connectivity index (χ1v) is 10.3. The van der Waals surface area contributed by atoms with Crippen LogP contribution in [0.25, 0.3) is 0 Å². The lowest BCUT2D eigenvalue weighted by Crippen LogP contribution is -2.30. The van der Waals surface area contributed by atoms with Crippen molar-refractivity contribution in [3.05, 3.63) is 83.4 Å². The first kappa shape index (κ1) is 19.7. The van der Waals surface area contributed by atoms with Crippen molar-refractivity contribution in [2.24, 2.45) is 0 Å². The van der Waals surface area contributed by atoms with Gasteiger partial charge in [0.25, 0.3) is 0 Å². The van der Waals surface area contributed by atoms with Crippen LogP contribution >= 0.6 is 0 Å². The van der Waals surface area contributed by atoms with Gasteiger partial charge in [0, 0.05) is 44.0 Å². The van der Waals surface area contributed by atoms with Crippen molar-refractivity contribution in [3.8, 4) is 5.75 Å². The Labute approximate surface area is 172 Å². The van der Waals surface area contributed by atoms with E-state index in [2.05, 4.69) is 33.5 Å². The van der Waals surface area contributed by atoms with Crippen molar-refractivity contribution >= 4 is 0 Å². The van der Waals surface area contributed by atoms with Crippen LogP contribution in [-0.4, -0.2) is 39.8 Å². The predicted molar refractivity (Wildman–Crippen MR) is 114 cm³/mol. The lowest BCUT2D eigenvalue weighted by molar-refractivity contribution is 0.0453. The second-order valence-corrected chi connectivity index (χ2v) is 7.83. The summed E-state index contributed by atoms with van der Waals surface area (Å²) < 4.78 is 7.77. The quantitative estimate of drug-likeness (QED) is 0.669. The molecule has 1 N–H and O–H groups in total. The van der Waals surface area contributed by atoms with Crippen molar-refractivity contribution in [2.75, 3.05) is 20.2 Å². The van der Waals surface area contributed by atoms with Gasteiger partial charge in [-0.15, -0.1) is 0 Å². The smallest absolute Gasteiger partial charge is 0.123 e. The summed E-state index contributed by atoms with van der Waals surface area (Å²) in [6, 6.07) is 16.4. The lowest BCUT2D eigenvalue weighted by Gasteiger charge is -2.24. The van der Waals surface area contributed by atoms with Crippen molar-refractivity contribution in [3.63, 3.8) is 0 Å². The molecule has 1 fully saturated rings. The Kier molecular flexibility index (Phi) is 5.69. The van der Waals surface area contributed by atoms with E-state index in [4.69, 9.17) is 4.74 Å². The number of hydrogen-bond donors (Lipinski definition) is 1. The van der Waals surface area contributed by atoms with Gasteiger partial charge in [0.15, 0.2) is 0 Å². The maximum absolute atomic E-state index is 11.1. The Bertz CT molecular complexity index is 954. The summed E-state index contributed by atoms with van der Waals surface area (Å²) in [7, 11) is 1.72. The van der Waals surface area contributed by atoms with Crippen LogP contribution in [0.5, 0.6) is 5.75 Å². The third kappa shape index (κ3) is 4.21. The SMILES string of the molecule is CCc1nccn1Cc1cc(CN2CC[C@](O)(c3ccccc3)C2)ccc1OC. The zero-order valence-corrected chi connectivity index (χ0v) is 17.2. The van der Waals surface area contributed by atoms with E-state index in [9.17, 15) is 5.11 Å². The Morgan fingerprint density at radius 1 is 1.14 bits per heavy atom. The minimum atomic E-state index is -0.761. The van der Waals surface area contributed by atoms with Crippen LogP contribution in [0, 0.1) is 0 Å². The van der Waals surface area contributed by atoms with E-state index < -0.39 is 5.60 Å². The molecule has 2 aromatic carbocycles. The number of nitrogens with zero attached hydrogens (tertiary/aromatic N) is 3. The number of hydrogen-bond acceptors (Lipinski definition) is 4. The van der Waals surface area contributed by atoms with Crippen LogP contribution in [0.1, 0.15) is 35.9 Å². The summed E-state index contributed by atoms with van der Waals surface area (Å²) in [5, 5.41) is 11.1. The zero-order chi connectivity index (χ0) is 20.3. The van der Waals surface area contributed by atoms with E-state index in [0.717, 1.165) is 55.2 Å². The van der Waals surface area contributed by atoms with Crippen LogP contribution in [0.3, 0.4) is 0 Å². The largest absolute Gasteiger partial charge is 0.496 e. The highest BCUT2D eigenvalue weighted by atomic mass is 16.5. The van der Waals surface area contributed by atoms with Gasteiger partial charge in [-0.1, -0.05) is 43.3 Å². The molecule has 4 rings (SSSR count). The Morgan fingerprint density at radius 3 is 2.72 bits per heavy atom. The number of aliphatic hydroxyl groups is 1. The maximum atomic E-state index is 11.1. The number of aromatic nitrogens is 2. The van der Waals surface area contributed by atoms with E-state index in [0.29, 0.717) is 6.54 Å². The molecule has 0 bridgehead atoms. The van der Waals surface area contributed by atoms with E-state index in [1.54, 1.807) is 7.11 Å². The van der Waals surface area contributed by atoms with Gasteiger partial charge in [-0.2, -0.15) is 0 Å². The van der Waals surface area contributed by atoms with E-state index in [1.807, 2.05) is 48.8 Å². The molecule has 1 saturated heterocycles. The minimum absolute atomic E-state index is 0.653. The third-order valence-electron chi connectivity index (χ3n) is 5.85. The van der Waals surface area contributed by atoms with Gasteiger partial charge in [0.05, 0.1) is 13.7 Å².